The minimum atomic E-state index is -0.0759. The minimum absolute atomic E-state index is 0.0759. The van der Waals surface area contributed by atoms with Gasteiger partial charge >= 0.3 is 0 Å². The van der Waals surface area contributed by atoms with Gasteiger partial charge in [-0.1, -0.05) is 40.0 Å². The molecule has 2 aromatic carbocycles. The fraction of sp³-hybridized carbons (Fsp3) is 0. The molecule has 0 aliphatic carbocycles. The van der Waals surface area contributed by atoms with Crippen LogP contribution >= 0.6 is 26.4 Å². The summed E-state index contributed by atoms with van der Waals surface area (Å²) < 4.78 is 1.11. The van der Waals surface area contributed by atoms with Crippen molar-refractivity contribution in [3.05, 3.63) is 59.1 Å². The van der Waals surface area contributed by atoms with Crippen LogP contribution in [0, 0.1) is 0 Å². The highest BCUT2D eigenvalue weighted by atomic mass is 79.9. The van der Waals surface area contributed by atoms with Crippen molar-refractivity contribution >= 4 is 32.3 Å². The van der Waals surface area contributed by atoms with Gasteiger partial charge in [0.25, 0.3) is 0 Å². The molecule has 0 N–H and O–H groups in total. The zero-order chi connectivity index (χ0) is 10.7. The Hall–Kier alpha value is -0.860. The number of rotatable bonds is 2. The lowest BCUT2D eigenvalue weighted by molar-refractivity contribution is 1.39. The van der Waals surface area contributed by atoms with Gasteiger partial charge < -0.3 is 0 Å². The van der Waals surface area contributed by atoms with Crippen LogP contribution in [0.2, 0.25) is 0 Å². The molecule has 0 fully saturated rings. The Labute approximate surface area is 101 Å². The first-order valence-electron chi connectivity index (χ1n) is 4.62. The van der Waals surface area contributed by atoms with E-state index in [4.69, 9.17) is 0 Å². The Morgan fingerprint density at radius 1 is 0.800 bits per heavy atom. The van der Waals surface area contributed by atoms with E-state index in [2.05, 4.69) is 70.3 Å². The first-order chi connectivity index (χ1) is 7.27. The van der Waals surface area contributed by atoms with Gasteiger partial charge in [-0.3, -0.25) is 0 Å². The predicted molar refractivity (Wildman–Crippen MR) is 71.8 cm³/mol. The molecule has 2 rings (SSSR count). The van der Waals surface area contributed by atoms with Crippen molar-refractivity contribution in [1.29, 1.82) is 0 Å². The highest BCUT2D eigenvalue weighted by molar-refractivity contribution is 9.10. The summed E-state index contributed by atoms with van der Waals surface area (Å²) in [6.45, 7) is 0. The van der Waals surface area contributed by atoms with Crippen LogP contribution in [-0.4, -0.2) is 5.87 Å². The minimum Gasteiger partial charge on any atom is -0.131 e. The first-order valence-corrected chi connectivity index (χ1v) is 6.80. The van der Waals surface area contributed by atoms with Gasteiger partial charge in [-0.05, 0) is 36.4 Å². The second-order valence-corrected chi connectivity index (χ2v) is 5.80. The highest BCUT2D eigenvalue weighted by Gasteiger charge is 1.99. The van der Waals surface area contributed by atoms with E-state index >= 15 is 0 Å². The van der Waals surface area contributed by atoms with Crippen molar-refractivity contribution in [1.82, 2.24) is 0 Å². The molecule has 0 radical (unpaired) electrons. The van der Waals surface area contributed by atoms with E-state index in [-0.39, 0.29) is 10.5 Å². The summed E-state index contributed by atoms with van der Waals surface area (Å²) in [5.74, 6) is 4.22. The molecule has 0 saturated carbocycles. The topological polar surface area (TPSA) is 0 Å². The average molecular weight is 279 g/mol. The Morgan fingerprint density at radius 3 is 1.93 bits per heavy atom. The summed E-state index contributed by atoms with van der Waals surface area (Å²) in [5, 5.41) is 0. The summed E-state index contributed by atoms with van der Waals surface area (Å²) in [5.41, 5.74) is 0. The van der Waals surface area contributed by atoms with Gasteiger partial charge in [-0.25, -0.2) is 0 Å². The molecule has 0 amide bonds. The van der Waals surface area contributed by atoms with Gasteiger partial charge in [0.1, 0.15) is 0 Å². The Bertz CT molecular complexity index is 460. The lowest BCUT2D eigenvalue weighted by Crippen LogP contribution is -1.76. The quantitative estimate of drug-likeness (QED) is 0.706. The van der Waals surface area contributed by atoms with Crippen molar-refractivity contribution in [3.8, 4) is 0 Å². The third-order valence-electron chi connectivity index (χ3n) is 2.13. The van der Waals surface area contributed by atoms with E-state index in [1.165, 1.54) is 9.79 Å². The summed E-state index contributed by atoms with van der Waals surface area (Å²) in [4.78, 5) is 2.55. The fourth-order valence-corrected chi connectivity index (χ4v) is 2.81. The number of hydrogen-bond donors (Lipinski definition) is 0. The number of halogens is 1. The molecule has 0 aliphatic heterocycles. The number of benzene rings is 2. The van der Waals surface area contributed by atoms with E-state index in [9.17, 15) is 0 Å². The summed E-state index contributed by atoms with van der Waals surface area (Å²) in [6.07, 6.45) is 0. The lowest BCUT2D eigenvalue weighted by Gasteiger charge is -2.07. The Morgan fingerprint density at radius 2 is 1.33 bits per heavy atom. The fourth-order valence-electron chi connectivity index (χ4n) is 1.32. The van der Waals surface area contributed by atoms with Crippen LogP contribution in [0.5, 0.6) is 0 Å². The normalized spacial score (nSPS) is 12.3. The first kappa shape index (κ1) is 10.7. The third-order valence-corrected chi connectivity index (χ3v) is 4.34. The van der Waals surface area contributed by atoms with Gasteiger partial charge in [0, 0.05) is 14.3 Å². The zero-order valence-corrected chi connectivity index (χ0v) is 10.6. The van der Waals surface area contributed by atoms with Crippen LogP contribution in [0.15, 0.2) is 68.9 Å². The maximum atomic E-state index is 4.22. The SMILES string of the molecule is C=S(c1ccccc1)c1ccc(Br)cc1. The van der Waals surface area contributed by atoms with Crippen LogP contribution < -0.4 is 0 Å². The molecule has 0 bridgehead atoms. The average Bonchev–Trinajstić information content (AvgIpc) is 2.30. The molecular weight excluding hydrogens is 268 g/mol. The van der Waals surface area contributed by atoms with Crippen LogP contribution in [0.25, 0.3) is 0 Å². The van der Waals surface area contributed by atoms with Crippen molar-refractivity contribution in [3.63, 3.8) is 0 Å². The van der Waals surface area contributed by atoms with Crippen molar-refractivity contribution in [2.45, 2.75) is 9.79 Å². The monoisotopic (exact) mass is 278 g/mol. The standard InChI is InChI=1S/C13H11BrS/c1-15(12-5-3-2-4-6-12)13-9-7-11(14)8-10-13/h2-10H,1H2. The van der Waals surface area contributed by atoms with Gasteiger partial charge in [0.15, 0.2) is 0 Å². The van der Waals surface area contributed by atoms with Crippen LogP contribution in [0.3, 0.4) is 0 Å². The lowest BCUT2D eigenvalue weighted by atomic mass is 10.4. The van der Waals surface area contributed by atoms with E-state index < -0.39 is 0 Å². The largest absolute Gasteiger partial charge is 0.131 e. The van der Waals surface area contributed by atoms with Crippen molar-refractivity contribution < 1.29 is 0 Å². The molecule has 0 nitrogen and oxygen atoms in total. The van der Waals surface area contributed by atoms with E-state index in [1.54, 1.807) is 0 Å². The van der Waals surface area contributed by atoms with Crippen LogP contribution in [-0.2, 0) is 0 Å². The predicted octanol–water partition coefficient (Wildman–Crippen LogP) is 4.57. The molecule has 2 heteroatoms. The molecule has 0 saturated heterocycles. The smallest absolute Gasteiger partial charge is 0.0176 e. The van der Waals surface area contributed by atoms with Gasteiger partial charge in [-0.2, -0.15) is 0 Å². The van der Waals surface area contributed by atoms with Crippen molar-refractivity contribution in [2.24, 2.45) is 0 Å². The maximum absolute atomic E-state index is 4.22. The molecule has 1 unspecified atom stereocenters. The van der Waals surface area contributed by atoms with Crippen LogP contribution in [0.4, 0.5) is 0 Å². The van der Waals surface area contributed by atoms with Crippen LogP contribution in [0.1, 0.15) is 0 Å². The van der Waals surface area contributed by atoms with Gasteiger partial charge in [-0.15, -0.1) is 10.5 Å². The van der Waals surface area contributed by atoms with Gasteiger partial charge in [0.2, 0.25) is 0 Å². The maximum Gasteiger partial charge on any atom is 0.0176 e. The zero-order valence-electron chi connectivity index (χ0n) is 8.19. The number of hydrogen-bond acceptors (Lipinski definition) is 0. The molecule has 0 aromatic heterocycles. The molecule has 1 atom stereocenters. The molecular formula is C13H11BrS. The second kappa shape index (κ2) is 4.77. The second-order valence-electron chi connectivity index (χ2n) is 3.16. The molecule has 2 aromatic rings. The Balaban J connectivity index is 2.33. The third kappa shape index (κ3) is 2.58. The summed E-state index contributed by atoms with van der Waals surface area (Å²) in [6, 6.07) is 18.7. The Kier molecular flexibility index (Phi) is 3.39. The van der Waals surface area contributed by atoms with Gasteiger partial charge in [0.05, 0.1) is 0 Å². The summed E-state index contributed by atoms with van der Waals surface area (Å²) in [7, 11) is -0.0759. The van der Waals surface area contributed by atoms with Crippen molar-refractivity contribution in [2.75, 3.05) is 0 Å². The molecule has 0 heterocycles. The molecule has 15 heavy (non-hydrogen) atoms. The molecule has 76 valence electrons. The van der Waals surface area contributed by atoms with E-state index in [0.717, 1.165) is 4.47 Å². The van der Waals surface area contributed by atoms with E-state index in [0.29, 0.717) is 0 Å². The highest BCUT2D eigenvalue weighted by Crippen LogP contribution is 2.33. The van der Waals surface area contributed by atoms with E-state index in [1.807, 2.05) is 6.07 Å². The molecule has 0 aliphatic rings. The molecule has 0 spiro atoms. The summed E-state index contributed by atoms with van der Waals surface area (Å²) >= 11 is 3.43.